The second kappa shape index (κ2) is 38.9. The molecule has 0 unspecified atom stereocenters. The molecule has 4 aromatic rings. The van der Waals surface area contributed by atoms with Crippen LogP contribution in [0.15, 0.2) is 110 Å². The van der Waals surface area contributed by atoms with Crippen molar-refractivity contribution in [2.75, 3.05) is 53.4 Å². The van der Waals surface area contributed by atoms with Gasteiger partial charge in [0.1, 0.15) is 23.0 Å². The number of rotatable bonds is 41. The Hall–Kier alpha value is -7.94. The van der Waals surface area contributed by atoms with E-state index in [1.807, 2.05) is 12.1 Å². The summed E-state index contributed by atoms with van der Waals surface area (Å²) in [5.41, 5.74) is 0.156. The zero-order chi connectivity index (χ0) is 61.0. The van der Waals surface area contributed by atoms with E-state index in [0.717, 1.165) is 95.0 Å². The average molecular weight is 1200 g/mol. The van der Waals surface area contributed by atoms with E-state index in [0.29, 0.717) is 113 Å². The smallest absolute Gasteiger partial charge is 0.330 e. The lowest BCUT2D eigenvalue weighted by atomic mass is 9.82. The summed E-state index contributed by atoms with van der Waals surface area (Å²) >= 11 is 0. The molecule has 0 N–H and O–H groups in total. The number of aldehydes is 1. The quantitative estimate of drug-likeness (QED) is 0.00764. The molecule has 2 fully saturated rings. The van der Waals surface area contributed by atoms with Gasteiger partial charge in [-0.3, -0.25) is 19.2 Å². The normalized spacial score (nSPS) is 16.3. The lowest BCUT2D eigenvalue weighted by Crippen LogP contribution is -2.27. The maximum absolute atomic E-state index is 13.2. The molecular weight excluding hydrogens is 1110 g/mol. The predicted molar refractivity (Wildman–Crippen MR) is 314 cm³/mol. The average Bonchev–Trinajstić information content (AvgIpc) is 3.72. The minimum absolute atomic E-state index is 0.143. The minimum Gasteiger partial charge on any atom is -0.494 e. The summed E-state index contributed by atoms with van der Waals surface area (Å²) in [5, 5.41) is 0. The number of carbonyl (C=O) groups is 6. The number of hydrogen-bond donors (Lipinski definition) is 0. The second-order valence-corrected chi connectivity index (χ2v) is 21.0. The van der Waals surface area contributed by atoms with Gasteiger partial charge in [0.05, 0.1) is 70.8 Å². The van der Waals surface area contributed by atoms with Crippen LogP contribution in [0.5, 0.6) is 51.7 Å². The number of hydrogen-bond acceptors (Lipinski definition) is 20. The largest absolute Gasteiger partial charge is 0.494 e. The number of methoxy groups -OCH3 is 1. The van der Waals surface area contributed by atoms with Gasteiger partial charge in [0.2, 0.25) is 0 Å². The summed E-state index contributed by atoms with van der Waals surface area (Å²) in [6.45, 7) is 9.58. The summed E-state index contributed by atoms with van der Waals surface area (Å²) in [6.07, 6.45) is 17.6. The lowest BCUT2D eigenvalue weighted by Gasteiger charge is -2.26. The van der Waals surface area contributed by atoms with Gasteiger partial charge >= 0.3 is 29.8 Å². The molecule has 0 spiro atoms. The molecular formula is C66H82O20. The summed E-state index contributed by atoms with van der Waals surface area (Å²) in [7, 11) is 1.47. The molecule has 0 bridgehead atoms. The van der Waals surface area contributed by atoms with E-state index in [1.165, 1.54) is 25.3 Å². The molecule has 466 valence electrons. The van der Waals surface area contributed by atoms with Crippen molar-refractivity contribution in [3.05, 3.63) is 116 Å². The highest BCUT2D eigenvalue weighted by atomic mass is 17.2. The van der Waals surface area contributed by atoms with Crippen molar-refractivity contribution in [3.8, 4) is 51.7 Å². The van der Waals surface area contributed by atoms with Gasteiger partial charge in [-0.15, -0.1) is 0 Å². The summed E-state index contributed by atoms with van der Waals surface area (Å²) in [4.78, 5) is 106. The summed E-state index contributed by atoms with van der Waals surface area (Å²) in [5.74, 6) is 1.78. The first-order valence-electron chi connectivity index (χ1n) is 29.9. The monoisotopic (exact) mass is 1190 g/mol. The molecule has 86 heavy (non-hydrogen) atoms. The topological polar surface area (TPSA) is 232 Å². The van der Waals surface area contributed by atoms with Crippen LogP contribution in [0.1, 0.15) is 139 Å². The number of esters is 5. The molecule has 0 atom stereocenters. The van der Waals surface area contributed by atoms with Gasteiger partial charge in [0, 0.05) is 24.6 Å². The van der Waals surface area contributed by atoms with E-state index in [1.54, 1.807) is 54.6 Å². The van der Waals surface area contributed by atoms with E-state index in [-0.39, 0.29) is 78.1 Å². The first-order chi connectivity index (χ1) is 42.0. The van der Waals surface area contributed by atoms with Gasteiger partial charge in [-0.05, 0) is 206 Å². The van der Waals surface area contributed by atoms with Crippen LogP contribution in [-0.4, -0.2) is 89.5 Å². The van der Waals surface area contributed by atoms with E-state index < -0.39 is 17.9 Å². The fraction of sp³-hybridized carbons (Fsp3) is 0.485. The maximum Gasteiger partial charge on any atom is 0.330 e. The standard InChI is InChI=1S/C66H82O20/c1-4-62(68)76-40-14-8-6-12-38-74-53-26-30-55(31-27-53)82-65(71)50-22-18-49(19-23-50)47-80-86-59-36-34-57(43-52(59)45-67)81-64(70)17-11-10-16-42-78-85-58-35-37-60(61(44-58)73-3)83-66(72)51-24-20-48(21-25-51)46-79-84-56-32-28-54(29-33-56)75-39-13-7-9-15-41-77-63(69)5-2/h4-5,26-37,43-45,48-51H,1-2,6-25,38-42,46-47H2,3H3. The predicted octanol–water partition coefficient (Wildman–Crippen LogP) is 12.8. The van der Waals surface area contributed by atoms with Crippen LogP contribution in [0, 0.1) is 23.7 Å². The van der Waals surface area contributed by atoms with Crippen LogP contribution in [0.4, 0.5) is 0 Å². The molecule has 0 aromatic heterocycles. The van der Waals surface area contributed by atoms with Gasteiger partial charge in [-0.2, -0.15) is 14.7 Å². The van der Waals surface area contributed by atoms with Crippen LogP contribution in [0.25, 0.3) is 0 Å². The van der Waals surface area contributed by atoms with Crippen LogP contribution in [-0.2, 0) is 48.1 Å². The Morgan fingerprint density at radius 3 is 1.47 bits per heavy atom. The third kappa shape index (κ3) is 25.3. The third-order valence-corrected chi connectivity index (χ3v) is 14.5. The fourth-order valence-corrected chi connectivity index (χ4v) is 9.51. The van der Waals surface area contributed by atoms with Crippen LogP contribution >= 0.6 is 0 Å². The van der Waals surface area contributed by atoms with E-state index in [2.05, 4.69) is 13.2 Å². The molecule has 20 heteroatoms. The fourth-order valence-electron chi connectivity index (χ4n) is 9.51. The van der Waals surface area contributed by atoms with Crippen LogP contribution in [0.3, 0.4) is 0 Å². The molecule has 2 aliphatic carbocycles. The Morgan fingerprint density at radius 1 is 0.442 bits per heavy atom. The van der Waals surface area contributed by atoms with Crippen molar-refractivity contribution in [2.45, 2.75) is 128 Å². The highest BCUT2D eigenvalue weighted by molar-refractivity contribution is 5.82. The molecule has 0 heterocycles. The van der Waals surface area contributed by atoms with Crippen molar-refractivity contribution in [2.24, 2.45) is 23.7 Å². The zero-order valence-corrected chi connectivity index (χ0v) is 49.3. The number of unbranched alkanes of at least 4 members (excludes halogenated alkanes) is 8. The first-order valence-corrected chi connectivity index (χ1v) is 29.9. The van der Waals surface area contributed by atoms with Crippen molar-refractivity contribution in [1.29, 1.82) is 0 Å². The minimum atomic E-state index is -0.459. The highest BCUT2D eigenvalue weighted by Gasteiger charge is 2.30. The molecule has 20 nitrogen and oxygen atoms in total. The van der Waals surface area contributed by atoms with E-state index >= 15 is 0 Å². The molecule has 4 aromatic carbocycles. The van der Waals surface area contributed by atoms with Gasteiger partial charge in [-0.25, -0.2) is 9.59 Å². The van der Waals surface area contributed by atoms with Crippen molar-refractivity contribution in [3.63, 3.8) is 0 Å². The van der Waals surface area contributed by atoms with Crippen LogP contribution < -0.4 is 43.1 Å². The SMILES string of the molecule is C=CC(=O)OCCCCCCOc1ccc(OOCC2CCC(C(=O)Oc3ccc(OOCCCCCC(=O)Oc4ccc(OOCC5CCC(C(=O)Oc6ccc(OCCCCCCOC(=O)C=C)cc6)CC5)c(C=O)c4)cc3OC)CC2)cc1. The Balaban J connectivity index is 0.758. The summed E-state index contributed by atoms with van der Waals surface area (Å²) < 4.78 is 44.0. The van der Waals surface area contributed by atoms with Crippen molar-refractivity contribution in [1.82, 2.24) is 0 Å². The van der Waals surface area contributed by atoms with Gasteiger partial charge in [-0.1, -0.05) is 19.6 Å². The van der Waals surface area contributed by atoms with Gasteiger partial charge in [0.15, 0.2) is 35.0 Å². The van der Waals surface area contributed by atoms with E-state index in [9.17, 15) is 28.8 Å². The third-order valence-electron chi connectivity index (χ3n) is 14.5. The Morgan fingerprint density at radius 2 is 0.907 bits per heavy atom. The Bertz CT molecular complexity index is 2710. The number of benzene rings is 4. The Kier molecular flexibility index (Phi) is 30.4. The number of carbonyl (C=O) groups excluding carboxylic acids is 6. The molecule has 0 amide bonds. The van der Waals surface area contributed by atoms with Crippen molar-refractivity contribution < 1.29 is 96.0 Å². The van der Waals surface area contributed by atoms with Crippen LogP contribution in [0.2, 0.25) is 0 Å². The van der Waals surface area contributed by atoms with Gasteiger partial charge < -0.3 is 52.6 Å². The maximum atomic E-state index is 13.2. The second-order valence-electron chi connectivity index (χ2n) is 21.0. The number of ether oxygens (including phenoxy) is 8. The molecule has 2 aliphatic rings. The zero-order valence-electron chi connectivity index (χ0n) is 49.3. The molecule has 0 aliphatic heterocycles. The molecule has 0 radical (unpaired) electrons. The van der Waals surface area contributed by atoms with E-state index in [4.69, 9.17) is 67.2 Å². The highest BCUT2D eigenvalue weighted by Crippen LogP contribution is 2.36. The lowest BCUT2D eigenvalue weighted by molar-refractivity contribution is -0.218. The molecule has 0 saturated heterocycles. The van der Waals surface area contributed by atoms with Gasteiger partial charge in [0.25, 0.3) is 0 Å². The van der Waals surface area contributed by atoms with Crippen molar-refractivity contribution >= 4 is 36.1 Å². The molecule has 6 rings (SSSR count). The first kappa shape index (κ1) is 67.2. The summed E-state index contributed by atoms with van der Waals surface area (Å²) in [6, 6.07) is 23.5. The Labute approximate surface area is 503 Å². The molecule has 2 saturated carbocycles.